The highest BCUT2D eigenvalue weighted by atomic mass is 35.5. The number of ether oxygens (including phenoxy) is 2. The van der Waals surface area contributed by atoms with Crippen molar-refractivity contribution in [1.82, 2.24) is 19.5 Å². The van der Waals surface area contributed by atoms with E-state index in [1.807, 2.05) is 60.0 Å². The van der Waals surface area contributed by atoms with Crippen molar-refractivity contribution in [3.8, 4) is 11.4 Å². The summed E-state index contributed by atoms with van der Waals surface area (Å²) in [6, 6.07) is 16.1. The first-order chi connectivity index (χ1) is 16.5. The van der Waals surface area contributed by atoms with E-state index in [2.05, 4.69) is 22.4 Å². The number of benzene rings is 2. The van der Waals surface area contributed by atoms with Gasteiger partial charge in [0, 0.05) is 37.6 Å². The Balaban J connectivity index is 1.53. The Hall–Kier alpha value is -3.62. The van der Waals surface area contributed by atoms with Crippen LogP contribution in [0.2, 0.25) is 5.15 Å². The number of rotatable bonds is 6. The van der Waals surface area contributed by atoms with E-state index in [-0.39, 0.29) is 5.92 Å². The molecule has 3 heterocycles. The highest BCUT2D eigenvalue weighted by molar-refractivity contribution is 6.29. The maximum atomic E-state index is 5.98. The van der Waals surface area contributed by atoms with Gasteiger partial charge in [-0.25, -0.2) is 9.97 Å². The minimum absolute atomic E-state index is 0.0371. The fourth-order valence-corrected chi connectivity index (χ4v) is 4.32. The Labute approximate surface area is 203 Å². The quantitative estimate of drug-likeness (QED) is 0.428. The summed E-state index contributed by atoms with van der Waals surface area (Å²) in [5, 5.41) is 3.78. The average molecular weight is 477 g/mol. The molecule has 1 atom stereocenters. The lowest BCUT2D eigenvalue weighted by molar-refractivity contribution is 0.0977. The van der Waals surface area contributed by atoms with Gasteiger partial charge in [0.1, 0.15) is 23.0 Å². The maximum absolute atomic E-state index is 5.98. The SMILES string of the molecule is COc1cc(Nc2nc3c(c(N(C)C)n2)COC[C@H]3c2ccccc2)ccc1-n1cnc(Cl)c1. The van der Waals surface area contributed by atoms with Crippen LogP contribution in [-0.2, 0) is 11.3 Å². The third-order valence-electron chi connectivity index (χ3n) is 5.77. The van der Waals surface area contributed by atoms with Crippen LogP contribution in [0.5, 0.6) is 5.75 Å². The molecule has 0 fully saturated rings. The minimum atomic E-state index is 0.0371. The molecule has 0 bridgehead atoms. The molecule has 1 aliphatic heterocycles. The van der Waals surface area contributed by atoms with Crippen molar-refractivity contribution >= 4 is 29.1 Å². The van der Waals surface area contributed by atoms with E-state index in [9.17, 15) is 0 Å². The van der Waals surface area contributed by atoms with Crippen molar-refractivity contribution in [2.45, 2.75) is 12.5 Å². The molecule has 4 aromatic rings. The fraction of sp³-hybridized carbons (Fsp3) is 0.240. The molecule has 5 rings (SSSR count). The van der Waals surface area contributed by atoms with Crippen molar-refractivity contribution in [3.05, 3.63) is 83.0 Å². The summed E-state index contributed by atoms with van der Waals surface area (Å²) in [6.07, 6.45) is 3.38. The summed E-state index contributed by atoms with van der Waals surface area (Å²) in [7, 11) is 5.59. The molecule has 0 unspecified atom stereocenters. The number of nitrogens with one attached hydrogen (secondary N) is 1. The van der Waals surface area contributed by atoms with E-state index in [4.69, 9.17) is 31.0 Å². The van der Waals surface area contributed by atoms with Gasteiger partial charge in [-0.05, 0) is 17.7 Å². The minimum Gasteiger partial charge on any atom is -0.494 e. The predicted molar refractivity (Wildman–Crippen MR) is 133 cm³/mol. The average Bonchev–Trinajstić information content (AvgIpc) is 3.29. The van der Waals surface area contributed by atoms with Crippen LogP contribution >= 0.6 is 11.6 Å². The molecular formula is C25H25ClN6O2. The standard InChI is InChI=1S/C25H25ClN6O2/c1-31(2)24-19-14-34-13-18(16-7-5-4-6-8-16)23(19)29-25(30-24)28-17-9-10-20(21(11-17)33-3)32-12-22(26)27-15-32/h4-12,15,18H,13-14H2,1-3H3,(H,28,29,30)/t18-/m0/s1. The topological polar surface area (TPSA) is 77.3 Å². The first-order valence-corrected chi connectivity index (χ1v) is 11.3. The molecule has 0 saturated heterocycles. The Morgan fingerprint density at radius 3 is 2.68 bits per heavy atom. The normalized spacial score (nSPS) is 15.0. The van der Waals surface area contributed by atoms with Crippen molar-refractivity contribution in [1.29, 1.82) is 0 Å². The summed E-state index contributed by atoms with van der Waals surface area (Å²) in [5.41, 5.74) is 4.80. The molecule has 1 N–H and O–H groups in total. The smallest absolute Gasteiger partial charge is 0.229 e. The van der Waals surface area contributed by atoms with Gasteiger partial charge in [-0.3, -0.25) is 0 Å². The molecule has 9 heteroatoms. The zero-order valence-corrected chi connectivity index (χ0v) is 20.0. The molecule has 0 radical (unpaired) electrons. The van der Waals surface area contributed by atoms with Crippen LogP contribution in [0.25, 0.3) is 5.69 Å². The number of hydrogen-bond acceptors (Lipinski definition) is 7. The lowest BCUT2D eigenvalue weighted by Gasteiger charge is -2.29. The molecule has 174 valence electrons. The molecule has 2 aromatic carbocycles. The van der Waals surface area contributed by atoms with E-state index in [1.165, 1.54) is 5.56 Å². The molecule has 0 saturated carbocycles. The summed E-state index contributed by atoms with van der Waals surface area (Å²) in [4.78, 5) is 15.8. The number of hydrogen-bond donors (Lipinski definition) is 1. The number of methoxy groups -OCH3 is 1. The first-order valence-electron chi connectivity index (χ1n) is 10.9. The number of halogens is 1. The number of imidazole rings is 1. The summed E-state index contributed by atoms with van der Waals surface area (Å²) >= 11 is 5.98. The first kappa shape index (κ1) is 22.2. The summed E-state index contributed by atoms with van der Waals surface area (Å²) < 4.78 is 13.4. The van der Waals surface area contributed by atoms with Crippen LogP contribution in [-0.4, -0.2) is 47.3 Å². The summed E-state index contributed by atoms with van der Waals surface area (Å²) in [5.74, 6) is 2.06. The third kappa shape index (κ3) is 4.30. The van der Waals surface area contributed by atoms with Gasteiger partial charge in [-0.15, -0.1) is 0 Å². The van der Waals surface area contributed by atoms with Crippen LogP contribution in [0, 0.1) is 0 Å². The number of aromatic nitrogens is 4. The number of nitrogens with zero attached hydrogens (tertiary/aromatic N) is 5. The molecule has 1 aliphatic rings. The third-order valence-corrected chi connectivity index (χ3v) is 5.96. The number of fused-ring (bicyclic) bond motifs is 1. The van der Waals surface area contributed by atoms with E-state index in [1.54, 1.807) is 19.6 Å². The molecular weight excluding hydrogens is 452 g/mol. The van der Waals surface area contributed by atoms with Crippen LogP contribution < -0.4 is 15.0 Å². The van der Waals surface area contributed by atoms with E-state index in [0.717, 1.165) is 28.5 Å². The molecule has 0 spiro atoms. The molecule has 34 heavy (non-hydrogen) atoms. The van der Waals surface area contributed by atoms with Gasteiger partial charge in [0.05, 0.1) is 37.6 Å². The summed E-state index contributed by atoms with van der Waals surface area (Å²) in [6.45, 7) is 1.07. The Morgan fingerprint density at radius 1 is 1.15 bits per heavy atom. The second-order valence-electron chi connectivity index (χ2n) is 8.22. The van der Waals surface area contributed by atoms with Crippen molar-refractivity contribution in [2.24, 2.45) is 0 Å². The van der Waals surface area contributed by atoms with Crippen molar-refractivity contribution < 1.29 is 9.47 Å². The van der Waals surface area contributed by atoms with Crippen LogP contribution in [0.15, 0.2) is 61.1 Å². The molecule has 2 aromatic heterocycles. The van der Waals surface area contributed by atoms with Gasteiger partial charge < -0.3 is 24.3 Å². The fourth-order valence-electron chi connectivity index (χ4n) is 4.17. The maximum Gasteiger partial charge on any atom is 0.229 e. The lowest BCUT2D eigenvalue weighted by Crippen LogP contribution is -2.25. The Morgan fingerprint density at radius 2 is 1.97 bits per heavy atom. The largest absolute Gasteiger partial charge is 0.494 e. The predicted octanol–water partition coefficient (Wildman–Crippen LogP) is 4.80. The van der Waals surface area contributed by atoms with Crippen LogP contribution in [0.4, 0.5) is 17.5 Å². The van der Waals surface area contributed by atoms with Gasteiger partial charge in [0.2, 0.25) is 5.95 Å². The Bertz CT molecular complexity index is 1310. The second-order valence-corrected chi connectivity index (χ2v) is 8.61. The number of anilines is 3. The van der Waals surface area contributed by atoms with Crippen molar-refractivity contribution in [3.63, 3.8) is 0 Å². The van der Waals surface area contributed by atoms with Gasteiger partial charge >= 0.3 is 0 Å². The van der Waals surface area contributed by atoms with E-state index >= 15 is 0 Å². The van der Waals surface area contributed by atoms with E-state index < -0.39 is 0 Å². The second kappa shape index (κ2) is 9.32. The van der Waals surface area contributed by atoms with Gasteiger partial charge in [0.15, 0.2) is 0 Å². The zero-order valence-electron chi connectivity index (χ0n) is 19.2. The Kier molecular flexibility index (Phi) is 6.08. The van der Waals surface area contributed by atoms with Gasteiger partial charge in [-0.1, -0.05) is 41.9 Å². The van der Waals surface area contributed by atoms with E-state index in [0.29, 0.717) is 30.1 Å². The molecule has 0 amide bonds. The van der Waals surface area contributed by atoms with Crippen LogP contribution in [0.1, 0.15) is 22.7 Å². The van der Waals surface area contributed by atoms with Crippen molar-refractivity contribution in [2.75, 3.05) is 38.0 Å². The highest BCUT2D eigenvalue weighted by Crippen LogP contribution is 2.36. The lowest BCUT2D eigenvalue weighted by atomic mass is 9.91. The highest BCUT2D eigenvalue weighted by Gasteiger charge is 2.28. The molecule has 8 nitrogen and oxygen atoms in total. The van der Waals surface area contributed by atoms with Gasteiger partial charge in [-0.2, -0.15) is 4.98 Å². The molecule has 0 aliphatic carbocycles. The van der Waals surface area contributed by atoms with Crippen LogP contribution in [0.3, 0.4) is 0 Å². The zero-order chi connectivity index (χ0) is 23.7. The monoisotopic (exact) mass is 476 g/mol. The van der Waals surface area contributed by atoms with Gasteiger partial charge in [0.25, 0.3) is 0 Å².